The minimum absolute atomic E-state index is 0.0393. The minimum atomic E-state index is -0.481. The van der Waals surface area contributed by atoms with E-state index in [1.807, 2.05) is 24.3 Å². The van der Waals surface area contributed by atoms with E-state index in [1.54, 1.807) is 15.7 Å². The number of nitrogens with one attached hydrogen (secondary N) is 1. The normalized spacial score (nSPS) is 18.0. The van der Waals surface area contributed by atoms with Crippen molar-refractivity contribution >= 4 is 28.5 Å². The van der Waals surface area contributed by atoms with Gasteiger partial charge in [0.1, 0.15) is 6.54 Å². The second-order valence-electron chi connectivity index (χ2n) is 8.27. The van der Waals surface area contributed by atoms with E-state index in [0.717, 1.165) is 49.4 Å². The molecule has 0 atom stereocenters. The predicted octanol–water partition coefficient (Wildman–Crippen LogP) is 3.29. The molecule has 29 heavy (non-hydrogen) atoms. The number of benzene rings is 1. The van der Waals surface area contributed by atoms with Crippen LogP contribution in [0.25, 0.3) is 10.9 Å². The summed E-state index contributed by atoms with van der Waals surface area (Å²) in [5, 5.41) is 3.89. The van der Waals surface area contributed by atoms with Gasteiger partial charge < -0.3 is 14.8 Å². The fraction of sp³-hybridized carbons (Fsp3) is 0.522. The van der Waals surface area contributed by atoms with E-state index in [9.17, 15) is 14.4 Å². The molecule has 1 saturated heterocycles. The first-order chi connectivity index (χ1) is 14.1. The van der Waals surface area contributed by atoms with Gasteiger partial charge in [-0.1, -0.05) is 43.9 Å². The molecule has 154 valence electrons. The van der Waals surface area contributed by atoms with Crippen molar-refractivity contribution in [2.75, 3.05) is 13.1 Å². The van der Waals surface area contributed by atoms with E-state index in [1.165, 1.54) is 12.8 Å². The molecule has 2 fully saturated rings. The molecule has 6 nitrogen and oxygen atoms in total. The van der Waals surface area contributed by atoms with Crippen molar-refractivity contribution < 1.29 is 14.4 Å². The van der Waals surface area contributed by atoms with Gasteiger partial charge in [0.2, 0.25) is 5.91 Å². The Morgan fingerprint density at radius 3 is 2.34 bits per heavy atom. The van der Waals surface area contributed by atoms with Crippen LogP contribution in [0.3, 0.4) is 0 Å². The Hall–Kier alpha value is -2.63. The van der Waals surface area contributed by atoms with Crippen molar-refractivity contribution in [1.82, 2.24) is 14.8 Å². The SMILES string of the molecule is O=C(Cn1cc(C(=O)C(=O)N2CCCC2)c2ccccc21)NC1CCCCCC1. The highest BCUT2D eigenvalue weighted by Gasteiger charge is 2.28. The number of aromatic nitrogens is 1. The maximum Gasteiger partial charge on any atom is 0.295 e. The Kier molecular flexibility index (Phi) is 5.97. The second-order valence-corrected chi connectivity index (χ2v) is 8.27. The number of nitrogens with zero attached hydrogens (tertiary/aromatic N) is 2. The van der Waals surface area contributed by atoms with Gasteiger partial charge in [-0.05, 0) is 31.7 Å². The third-order valence-corrected chi connectivity index (χ3v) is 6.15. The Morgan fingerprint density at radius 1 is 0.931 bits per heavy atom. The van der Waals surface area contributed by atoms with Crippen LogP contribution in [-0.4, -0.2) is 46.2 Å². The minimum Gasteiger partial charge on any atom is -0.352 e. The summed E-state index contributed by atoms with van der Waals surface area (Å²) in [5.41, 5.74) is 1.20. The number of likely N-dealkylation sites (tertiary alicyclic amines) is 1. The molecule has 1 aliphatic heterocycles. The van der Waals surface area contributed by atoms with E-state index in [4.69, 9.17) is 0 Å². The standard InChI is InChI=1S/C23H29N3O3/c27-21(24-17-9-3-1-2-4-10-17)16-26-15-19(18-11-5-6-12-20(18)26)22(28)23(29)25-13-7-8-14-25/h5-6,11-12,15,17H,1-4,7-10,13-14,16H2,(H,24,27). The summed E-state index contributed by atoms with van der Waals surface area (Å²) in [4.78, 5) is 39.8. The second kappa shape index (κ2) is 8.80. The smallest absolute Gasteiger partial charge is 0.295 e. The largest absolute Gasteiger partial charge is 0.352 e. The number of carbonyl (C=O) groups is 3. The number of amides is 2. The Morgan fingerprint density at radius 2 is 1.62 bits per heavy atom. The van der Waals surface area contributed by atoms with Crippen molar-refractivity contribution in [3.63, 3.8) is 0 Å². The molecule has 2 amide bonds. The molecule has 4 rings (SSSR count). The molecule has 1 N–H and O–H groups in total. The van der Waals surface area contributed by atoms with Crippen molar-refractivity contribution in [1.29, 1.82) is 0 Å². The monoisotopic (exact) mass is 395 g/mol. The molecular formula is C23H29N3O3. The summed E-state index contributed by atoms with van der Waals surface area (Å²) >= 11 is 0. The maximum absolute atomic E-state index is 12.9. The van der Waals surface area contributed by atoms with Crippen LogP contribution in [0.2, 0.25) is 0 Å². The Bertz CT molecular complexity index is 903. The summed E-state index contributed by atoms with van der Waals surface area (Å²) in [5.74, 6) is -0.957. The first kappa shape index (κ1) is 19.7. The van der Waals surface area contributed by atoms with Crippen LogP contribution in [0.4, 0.5) is 0 Å². The summed E-state index contributed by atoms with van der Waals surface area (Å²) < 4.78 is 1.80. The first-order valence-corrected chi connectivity index (χ1v) is 10.8. The molecule has 0 bridgehead atoms. The zero-order chi connectivity index (χ0) is 20.2. The Balaban J connectivity index is 1.53. The van der Waals surface area contributed by atoms with Gasteiger partial charge in [0, 0.05) is 36.2 Å². The number of fused-ring (bicyclic) bond motifs is 1. The molecule has 2 heterocycles. The molecule has 2 aliphatic rings. The van der Waals surface area contributed by atoms with Gasteiger partial charge in [-0.25, -0.2) is 0 Å². The van der Waals surface area contributed by atoms with E-state index in [2.05, 4.69) is 5.32 Å². The number of ketones is 1. The van der Waals surface area contributed by atoms with Gasteiger partial charge in [-0.3, -0.25) is 14.4 Å². The van der Waals surface area contributed by atoms with E-state index >= 15 is 0 Å². The lowest BCUT2D eigenvalue weighted by atomic mass is 10.1. The van der Waals surface area contributed by atoms with Crippen molar-refractivity contribution in [3.8, 4) is 0 Å². The zero-order valence-electron chi connectivity index (χ0n) is 16.9. The molecule has 1 saturated carbocycles. The van der Waals surface area contributed by atoms with Gasteiger partial charge in [-0.15, -0.1) is 0 Å². The topological polar surface area (TPSA) is 71.4 Å². The van der Waals surface area contributed by atoms with E-state index < -0.39 is 11.7 Å². The highest BCUT2D eigenvalue weighted by atomic mass is 16.2. The number of hydrogen-bond acceptors (Lipinski definition) is 3. The molecule has 0 spiro atoms. The van der Waals surface area contributed by atoms with Crippen LogP contribution in [0, 0.1) is 0 Å². The molecule has 0 radical (unpaired) electrons. The van der Waals surface area contributed by atoms with Gasteiger partial charge in [0.15, 0.2) is 0 Å². The molecular weight excluding hydrogens is 366 g/mol. The molecule has 2 aromatic rings. The van der Waals surface area contributed by atoms with Gasteiger partial charge in [0.05, 0.1) is 5.56 Å². The summed E-state index contributed by atoms with van der Waals surface area (Å²) in [6, 6.07) is 7.73. The molecule has 0 unspecified atom stereocenters. The van der Waals surface area contributed by atoms with Gasteiger partial charge >= 0.3 is 0 Å². The summed E-state index contributed by atoms with van der Waals surface area (Å²) in [7, 11) is 0. The number of rotatable bonds is 5. The number of hydrogen-bond donors (Lipinski definition) is 1. The first-order valence-electron chi connectivity index (χ1n) is 10.8. The molecule has 1 aromatic carbocycles. The quantitative estimate of drug-likeness (QED) is 0.480. The van der Waals surface area contributed by atoms with Crippen LogP contribution in [0.15, 0.2) is 30.5 Å². The highest BCUT2D eigenvalue weighted by Crippen LogP contribution is 2.23. The average molecular weight is 396 g/mol. The van der Waals surface area contributed by atoms with E-state index in [-0.39, 0.29) is 18.5 Å². The zero-order valence-corrected chi connectivity index (χ0v) is 16.9. The van der Waals surface area contributed by atoms with Crippen molar-refractivity contribution in [2.45, 2.75) is 64.0 Å². The van der Waals surface area contributed by atoms with Crippen molar-refractivity contribution in [2.24, 2.45) is 0 Å². The predicted molar refractivity (Wildman–Crippen MR) is 112 cm³/mol. The van der Waals surface area contributed by atoms with Gasteiger partial charge in [-0.2, -0.15) is 0 Å². The number of carbonyl (C=O) groups excluding carboxylic acids is 3. The summed E-state index contributed by atoms with van der Waals surface area (Å²) in [6.07, 6.45) is 10.4. The van der Waals surface area contributed by atoms with E-state index in [0.29, 0.717) is 18.7 Å². The molecule has 1 aromatic heterocycles. The maximum atomic E-state index is 12.9. The average Bonchev–Trinajstić information content (AvgIpc) is 3.31. The third-order valence-electron chi connectivity index (χ3n) is 6.15. The van der Waals surface area contributed by atoms with Crippen LogP contribution in [-0.2, 0) is 16.1 Å². The molecule has 6 heteroatoms. The van der Waals surface area contributed by atoms with Gasteiger partial charge in [0.25, 0.3) is 11.7 Å². The lowest BCUT2D eigenvalue weighted by molar-refractivity contribution is -0.125. The Labute approximate surface area is 171 Å². The number of Topliss-reactive ketones (excluding diaryl/α,β-unsaturated/α-hetero) is 1. The van der Waals surface area contributed by atoms with Crippen LogP contribution in [0.5, 0.6) is 0 Å². The highest BCUT2D eigenvalue weighted by molar-refractivity contribution is 6.44. The summed E-state index contributed by atoms with van der Waals surface area (Å²) in [6.45, 7) is 1.45. The fourth-order valence-electron chi connectivity index (χ4n) is 4.59. The van der Waals surface area contributed by atoms with Crippen LogP contribution in [0.1, 0.15) is 61.7 Å². The van der Waals surface area contributed by atoms with Crippen molar-refractivity contribution in [3.05, 3.63) is 36.0 Å². The fourth-order valence-corrected chi connectivity index (χ4v) is 4.59. The lowest BCUT2D eigenvalue weighted by Crippen LogP contribution is -2.36. The number of para-hydroxylation sites is 1. The van der Waals surface area contributed by atoms with Crippen LogP contribution >= 0.6 is 0 Å². The van der Waals surface area contributed by atoms with Crippen LogP contribution < -0.4 is 5.32 Å². The molecule has 1 aliphatic carbocycles. The lowest BCUT2D eigenvalue weighted by Gasteiger charge is -2.16. The third kappa shape index (κ3) is 4.36.